The van der Waals surface area contributed by atoms with Gasteiger partial charge in [-0.1, -0.05) is 41.9 Å². The number of carbonyl (C=O) groups excluding carboxylic acids is 3. The topological polar surface area (TPSA) is 94.1 Å². The Labute approximate surface area is 255 Å². The highest BCUT2D eigenvalue weighted by Gasteiger charge is 2.30. The maximum atomic E-state index is 13.4. The molecule has 216 valence electrons. The van der Waals surface area contributed by atoms with Crippen molar-refractivity contribution in [2.45, 2.75) is 5.92 Å². The molecule has 0 aliphatic carbocycles. The van der Waals surface area contributed by atoms with Gasteiger partial charge in [-0.3, -0.25) is 19.4 Å². The summed E-state index contributed by atoms with van der Waals surface area (Å²) in [5.41, 5.74) is 5.03. The molecule has 4 aromatic carbocycles. The third-order valence-corrected chi connectivity index (χ3v) is 7.99. The number of rotatable bonds is 7. The average molecular weight is 592 g/mol. The van der Waals surface area contributed by atoms with E-state index in [2.05, 4.69) is 44.6 Å². The van der Waals surface area contributed by atoms with Crippen molar-refractivity contribution in [2.24, 2.45) is 4.99 Å². The highest BCUT2D eigenvalue weighted by atomic mass is 35.5. The molecule has 2 aliphatic rings. The van der Waals surface area contributed by atoms with Crippen molar-refractivity contribution in [3.63, 3.8) is 0 Å². The van der Waals surface area contributed by atoms with Gasteiger partial charge in [-0.05, 0) is 73.3 Å². The lowest BCUT2D eigenvalue weighted by molar-refractivity contribution is -0.115. The third kappa shape index (κ3) is 6.35. The fourth-order valence-electron chi connectivity index (χ4n) is 5.29. The number of piperazine rings is 1. The first-order valence-corrected chi connectivity index (χ1v) is 14.5. The molecule has 4 aromatic rings. The molecule has 9 heteroatoms. The Kier molecular flexibility index (Phi) is 8.05. The molecule has 8 nitrogen and oxygen atoms in total. The molecule has 0 radical (unpaired) electrons. The first kappa shape index (κ1) is 28.3. The van der Waals surface area contributed by atoms with Gasteiger partial charge >= 0.3 is 0 Å². The minimum absolute atomic E-state index is 0.192. The molecule has 0 aromatic heterocycles. The summed E-state index contributed by atoms with van der Waals surface area (Å²) in [7, 11) is 2.14. The minimum Gasteiger partial charge on any atom is -0.369 e. The average Bonchev–Trinajstić information content (AvgIpc) is 3.34. The Morgan fingerprint density at radius 2 is 1.60 bits per heavy atom. The lowest BCUT2D eigenvalue weighted by Crippen LogP contribution is -2.44. The number of amides is 2. The van der Waals surface area contributed by atoms with Crippen molar-refractivity contribution >= 4 is 58.2 Å². The summed E-state index contributed by atoms with van der Waals surface area (Å²) in [6, 6.07) is 26.6. The molecule has 6 rings (SSSR count). The maximum absolute atomic E-state index is 13.4. The number of nitrogens with zero attached hydrogens (tertiary/aromatic N) is 3. The van der Waals surface area contributed by atoms with Gasteiger partial charge < -0.3 is 20.4 Å². The van der Waals surface area contributed by atoms with E-state index in [1.165, 1.54) is 5.69 Å². The number of fused-ring (bicyclic) bond motifs is 1. The third-order valence-electron chi connectivity index (χ3n) is 7.75. The van der Waals surface area contributed by atoms with Gasteiger partial charge in [-0.25, -0.2) is 0 Å². The molecular weight excluding hydrogens is 562 g/mol. The maximum Gasteiger partial charge on any atom is 0.255 e. The van der Waals surface area contributed by atoms with Gasteiger partial charge in [-0.2, -0.15) is 0 Å². The van der Waals surface area contributed by atoms with Crippen LogP contribution in [0.3, 0.4) is 0 Å². The van der Waals surface area contributed by atoms with E-state index in [1.807, 2.05) is 12.1 Å². The molecule has 1 saturated heterocycles. The number of hydrogen-bond acceptors (Lipinski definition) is 6. The predicted molar refractivity (Wildman–Crippen MR) is 171 cm³/mol. The lowest BCUT2D eigenvalue weighted by Gasteiger charge is -2.34. The zero-order chi connectivity index (χ0) is 29.9. The fraction of sp³-hybridized carbons (Fsp3) is 0.176. The van der Waals surface area contributed by atoms with E-state index in [9.17, 15) is 14.4 Å². The van der Waals surface area contributed by atoms with Crippen molar-refractivity contribution in [1.29, 1.82) is 0 Å². The zero-order valence-electron chi connectivity index (χ0n) is 23.6. The number of carbonyl (C=O) groups is 3. The van der Waals surface area contributed by atoms with Gasteiger partial charge in [-0.15, -0.1) is 0 Å². The highest BCUT2D eigenvalue weighted by molar-refractivity contribution is 6.31. The van der Waals surface area contributed by atoms with E-state index in [0.29, 0.717) is 33.1 Å². The molecule has 1 unspecified atom stereocenters. The standard InChI is InChI=1S/C34H30ClN5O3/c1-39-14-16-40(17-15-39)28-11-9-26(10-12-28)36-21-30-29-13-8-23(20-31(29)38-34(30)43)32(41)22-4-3-7-27(19-22)37-33(42)24-5-2-6-25(35)18-24/h2-13,18-21,30H,14-17H2,1H3,(H,37,42)(H,38,43). The lowest BCUT2D eigenvalue weighted by atomic mass is 9.97. The fourth-order valence-corrected chi connectivity index (χ4v) is 5.48. The van der Waals surface area contributed by atoms with Crippen LogP contribution in [0.25, 0.3) is 0 Å². The number of likely N-dealkylation sites (N-methyl/N-ethyl adjacent to an activating group) is 1. The van der Waals surface area contributed by atoms with E-state index >= 15 is 0 Å². The van der Waals surface area contributed by atoms with E-state index in [1.54, 1.807) is 72.9 Å². The van der Waals surface area contributed by atoms with Crippen molar-refractivity contribution in [1.82, 2.24) is 4.90 Å². The van der Waals surface area contributed by atoms with E-state index < -0.39 is 5.92 Å². The summed E-state index contributed by atoms with van der Waals surface area (Å²) >= 11 is 6.00. The Balaban J connectivity index is 1.13. The van der Waals surface area contributed by atoms with E-state index in [4.69, 9.17) is 11.6 Å². The molecule has 1 atom stereocenters. The van der Waals surface area contributed by atoms with Crippen LogP contribution in [0.4, 0.5) is 22.7 Å². The van der Waals surface area contributed by atoms with Crippen molar-refractivity contribution in [2.75, 3.05) is 48.8 Å². The second-order valence-corrected chi connectivity index (χ2v) is 11.2. The number of nitrogens with one attached hydrogen (secondary N) is 2. The zero-order valence-corrected chi connectivity index (χ0v) is 24.3. The van der Waals surface area contributed by atoms with Gasteiger partial charge in [0, 0.05) is 71.2 Å². The number of anilines is 3. The van der Waals surface area contributed by atoms with Crippen LogP contribution in [0.15, 0.2) is 96.0 Å². The molecule has 43 heavy (non-hydrogen) atoms. The molecule has 2 amide bonds. The molecule has 2 heterocycles. The van der Waals surface area contributed by atoms with Crippen LogP contribution in [0.1, 0.15) is 37.8 Å². The molecule has 0 bridgehead atoms. The molecule has 2 N–H and O–H groups in total. The van der Waals surface area contributed by atoms with Gasteiger partial charge in [0.1, 0.15) is 5.92 Å². The van der Waals surface area contributed by atoms with Gasteiger partial charge in [0.05, 0.1) is 5.69 Å². The molecule has 0 saturated carbocycles. The highest BCUT2D eigenvalue weighted by Crippen LogP contribution is 2.33. The van der Waals surface area contributed by atoms with Gasteiger partial charge in [0.15, 0.2) is 5.78 Å². The first-order valence-electron chi connectivity index (χ1n) is 14.1. The Bertz CT molecular complexity index is 1730. The Morgan fingerprint density at radius 1 is 0.884 bits per heavy atom. The van der Waals surface area contributed by atoms with Crippen LogP contribution < -0.4 is 15.5 Å². The van der Waals surface area contributed by atoms with Crippen molar-refractivity contribution < 1.29 is 14.4 Å². The van der Waals surface area contributed by atoms with Gasteiger partial charge in [0.25, 0.3) is 5.91 Å². The smallest absolute Gasteiger partial charge is 0.255 e. The van der Waals surface area contributed by atoms with Crippen LogP contribution in [0.5, 0.6) is 0 Å². The number of aliphatic imine (C=N–C) groups is 1. The van der Waals surface area contributed by atoms with E-state index in [-0.39, 0.29) is 17.6 Å². The monoisotopic (exact) mass is 591 g/mol. The van der Waals surface area contributed by atoms with Crippen LogP contribution in [-0.4, -0.2) is 61.9 Å². The summed E-state index contributed by atoms with van der Waals surface area (Å²) in [6.07, 6.45) is 1.65. The van der Waals surface area contributed by atoms with Gasteiger partial charge in [0.2, 0.25) is 5.91 Å². The second kappa shape index (κ2) is 12.2. The predicted octanol–water partition coefficient (Wildman–Crippen LogP) is 6.01. The second-order valence-electron chi connectivity index (χ2n) is 10.7. The summed E-state index contributed by atoms with van der Waals surface area (Å²) < 4.78 is 0. The summed E-state index contributed by atoms with van der Waals surface area (Å²) in [6.45, 7) is 4.07. The minimum atomic E-state index is -0.554. The van der Waals surface area contributed by atoms with Crippen LogP contribution in [-0.2, 0) is 4.79 Å². The molecule has 1 fully saturated rings. The molecule has 2 aliphatic heterocycles. The first-order chi connectivity index (χ1) is 20.8. The van der Waals surface area contributed by atoms with Crippen LogP contribution in [0.2, 0.25) is 5.02 Å². The van der Waals surface area contributed by atoms with E-state index in [0.717, 1.165) is 37.4 Å². The number of benzene rings is 4. The van der Waals surface area contributed by atoms with Crippen LogP contribution in [0, 0.1) is 0 Å². The van der Waals surface area contributed by atoms with Crippen molar-refractivity contribution in [3.05, 3.63) is 118 Å². The van der Waals surface area contributed by atoms with Crippen LogP contribution >= 0.6 is 11.6 Å². The molecule has 0 spiro atoms. The number of hydrogen-bond donors (Lipinski definition) is 2. The van der Waals surface area contributed by atoms with Crippen molar-refractivity contribution in [3.8, 4) is 0 Å². The largest absolute Gasteiger partial charge is 0.369 e. The number of ketones is 1. The summed E-state index contributed by atoms with van der Waals surface area (Å²) in [4.78, 5) is 48.1. The summed E-state index contributed by atoms with van der Waals surface area (Å²) in [5, 5.41) is 6.16. The summed E-state index contributed by atoms with van der Waals surface area (Å²) in [5.74, 6) is -1.30. The number of halogens is 1. The normalized spacial score (nSPS) is 16.7. The Morgan fingerprint density at radius 3 is 2.37 bits per heavy atom. The SMILES string of the molecule is CN1CCN(c2ccc(N=CC3C(=O)Nc4cc(C(=O)c5cccc(NC(=O)c6cccc(Cl)c6)c5)ccc43)cc2)CC1. The Hall–Kier alpha value is -4.79. The molecular formula is C34H30ClN5O3. The quantitative estimate of drug-likeness (QED) is 0.203.